The van der Waals surface area contributed by atoms with Gasteiger partial charge < -0.3 is 20.2 Å². The number of anilines is 1. The molecule has 0 spiro atoms. The second kappa shape index (κ2) is 4.59. The van der Waals surface area contributed by atoms with E-state index < -0.39 is 6.69 Å². The van der Waals surface area contributed by atoms with Crippen LogP contribution in [0, 0.1) is 0 Å². The van der Waals surface area contributed by atoms with E-state index >= 15 is 0 Å². The zero-order valence-corrected chi connectivity index (χ0v) is 9.14. The van der Waals surface area contributed by atoms with Crippen molar-refractivity contribution < 1.29 is 15.3 Å². The fraction of sp³-hybridized carbons (Fsp3) is 0. The van der Waals surface area contributed by atoms with Crippen molar-refractivity contribution in [2.24, 2.45) is 0 Å². The molecule has 2 aromatic rings. The van der Waals surface area contributed by atoms with E-state index in [1.807, 2.05) is 0 Å². The fourth-order valence-electron chi connectivity index (χ4n) is 1.64. The van der Waals surface area contributed by atoms with Gasteiger partial charge in [0.05, 0.1) is 0 Å². The standard InChI is InChI=1S/C12H13BNO3/c15-13(16,11-7-3-1-4-8-11)14(17)12-9-5-2-6-10-12/h1-10,15-17H/q-1. The smallest absolute Gasteiger partial charge is 0.394 e. The number of hydrogen-bond acceptors (Lipinski definition) is 4. The summed E-state index contributed by atoms with van der Waals surface area (Å²) in [6, 6.07) is 16.6. The van der Waals surface area contributed by atoms with Crippen molar-refractivity contribution in [3.8, 4) is 0 Å². The highest BCUT2D eigenvalue weighted by Crippen LogP contribution is 2.15. The van der Waals surface area contributed by atoms with Gasteiger partial charge in [0.2, 0.25) is 0 Å². The SMILES string of the molecule is ON(c1ccccc1)[B-](O)(O)c1ccccc1. The third-order valence-electron chi connectivity index (χ3n) is 2.61. The van der Waals surface area contributed by atoms with Crippen molar-refractivity contribution in [3.63, 3.8) is 0 Å². The predicted molar refractivity (Wildman–Crippen MR) is 67.0 cm³/mol. The normalized spacial score (nSPS) is 11.2. The predicted octanol–water partition coefficient (Wildman–Crippen LogP) is 0.713. The Balaban J connectivity index is 2.33. The fourth-order valence-corrected chi connectivity index (χ4v) is 1.64. The Hall–Kier alpha value is -1.82. The molecule has 0 unspecified atom stereocenters. The second-order valence-corrected chi connectivity index (χ2v) is 3.82. The molecule has 0 aromatic heterocycles. The molecule has 0 atom stereocenters. The highest BCUT2D eigenvalue weighted by Gasteiger charge is 2.29. The van der Waals surface area contributed by atoms with Crippen LogP contribution in [0.15, 0.2) is 60.7 Å². The van der Waals surface area contributed by atoms with Gasteiger partial charge in [-0.3, -0.25) is 0 Å². The van der Waals surface area contributed by atoms with Crippen LogP contribution in [-0.2, 0) is 0 Å². The Morgan fingerprint density at radius 2 is 1.24 bits per heavy atom. The highest BCUT2D eigenvalue weighted by molar-refractivity contribution is 6.81. The molecule has 0 aliphatic carbocycles. The Morgan fingerprint density at radius 3 is 1.76 bits per heavy atom. The van der Waals surface area contributed by atoms with Gasteiger partial charge in [-0.05, 0) is 12.1 Å². The number of nitrogens with zero attached hydrogens (tertiary/aromatic N) is 1. The first-order chi connectivity index (χ1) is 8.12. The molecule has 0 amide bonds. The first-order valence-corrected chi connectivity index (χ1v) is 5.31. The molecule has 0 radical (unpaired) electrons. The molecule has 4 nitrogen and oxygen atoms in total. The minimum absolute atomic E-state index is 0.249. The van der Waals surface area contributed by atoms with E-state index in [2.05, 4.69) is 0 Å². The van der Waals surface area contributed by atoms with Crippen LogP contribution >= 0.6 is 0 Å². The van der Waals surface area contributed by atoms with Gasteiger partial charge in [0.15, 0.2) is 0 Å². The highest BCUT2D eigenvalue weighted by atomic mass is 16.6. The lowest BCUT2D eigenvalue weighted by Gasteiger charge is -2.39. The largest absolute Gasteiger partial charge is 0.560 e. The zero-order chi connectivity index (χ0) is 12.3. The third-order valence-corrected chi connectivity index (χ3v) is 2.61. The maximum atomic E-state index is 10.0. The maximum Gasteiger partial charge on any atom is 0.394 e. The molecule has 2 aromatic carbocycles. The molecule has 0 bridgehead atoms. The van der Waals surface area contributed by atoms with E-state index in [0.29, 0.717) is 10.7 Å². The molecule has 3 N–H and O–H groups in total. The summed E-state index contributed by atoms with van der Waals surface area (Å²) in [5, 5.41) is 29.9. The molecule has 5 heteroatoms. The molecule has 0 aliphatic heterocycles. The van der Waals surface area contributed by atoms with E-state index in [1.165, 1.54) is 0 Å². The van der Waals surface area contributed by atoms with Crippen molar-refractivity contribution >= 4 is 17.8 Å². The van der Waals surface area contributed by atoms with Crippen LogP contribution in [0.25, 0.3) is 0 Å². The minimum Gasteiger partial charge on any atom is -0.560 e. The molecule has 0 heterocycles. The van der Waals surface area contributed by atoms with Crippen molar-refractivity contribution in [1.29, 1.82) is 0 Å². The average molecular weight is 230 g/mol. The summed E-state index contributed by atoms with van der Waals surface area (Å²) >= 11 is 0. The van der Waals surface area contributed by atoms with Crippen LogP contribution in [0.3, 0.4) is 0 Å². The van der Waals surface area contributed by atoms with Gasteiger partial charge in [-0.2, -0.15) is 0 Å². The number of hydrogen-bond donors (Lipinski definition) is 3. The number of para-hydroxylation sites is 1. The van der Waals surface area contributed by atoms with Crippen LogP contribution < -0.4 is 10.4 Å². The van der Waals surface area contributed by atoms with E-state index in [4.69, 9.17) is 0 Å². The van der Waals surface area contributed by atoms with Gasteiger partial charge in [0.1, 0.15) is 0 Å². The molecule has 88 valence electrons. The summed E-state index contributed by atoms with van der Waals surface area (Å²) in [4.78, 5) is 0.481. The van der Waals surface area contributed by atoms with Crippen LogP contribution in [-0.4, -0.2) is 21.9 Å². The summed E-state index contributed by atoms with van der Waals surface area (Å²) in [6.45, 7) is -3.17. The third kappa shape index (κ3) is 2.31. The van der Waals surface area contributed by atoms with Gasteiger partial charge in [0, 0.05) is 5.69 Å². The van der Waals surface area contributed by atoms with Crippen molar-refractivity contribution in [3.05, 3.63) is 60.7 Å². The van der Waals surface area contributed by atoms with Gasteiger partial charge >= 0.3 is 6.69 Å². The zero-order valence-electron chi connectivity index (χ0n) is 9.14. The van der Waals surface area contributed by atoms with Gasteiger partial charge in [-0.1, -0.05) is 48.5 Å². The minimum atomic E-state index is -3.17. The lowest BCUT2D eigenvalue weighted by molar-refractivity contribution is 0.242. The molecular weight excluding hydrogens is 217 g/mol. The first-order valence-electron chi connectivity index (χ1n) is 5.31. The van der Waals surface area contributed by atoms with Crippen LogP contribution in [0.2, 0.25) is 0 Å². The molecule has 0 saturated carbocycles. The molecule has 0 saturated heterocycles. The van der Waals surface area contributed by atoms with Gasteiger partial charge in [-0.25, -0.2) is 0 Å². The maximum absolute atomic E-state index is 10.0. The first kappa shape index (κ1) is 11.7. The quantitative estimate of drug-likeness (QED) is 0.536. The molecule has 0 fully saturated rings. The summed E-state index contributed by atoms with van der Waals surface area (Å²) in [5.74, 6) is 0. The Labute approximate surface area is 99.3 Å². The van der Waals surface area contributed by atoms with E-state index in [9.17, 15) is 15.3 Å². The Kier molecular flexibility index (Phi) is 3.15. The summed E-state index contributed by atoms with van der Waals surface area (Å²) < 4.78 is 0. The number of benzene rings is 2. The topological polar surface area (TPSA) is 63.9 Å². The van der Waals surface area contributed by atoms with Gasteiger partial charge in [0.25, 0.3) is 0 Å². The van der Waals surface area contributed by atoms with Crippen LogP contribution in [0.4, 0.5) is 5.69 Å². The number of rotatable bonds is 3. The lowest BCUT2D eigenvalue weighted by atomic mass is 9.64. The van der Waals surface area contributed by atoms with E-state index in [-0.39, 0.29) is 5.46 Å². The molecule has 0 aliphatic rings. The van der Waals surface area contributed by atoms with E-state index in [1.54, 1.807) is 60.7 Å². The van der Waals surface area contributed by atoms with Crippen LogP contribution in [0.1, 0.15) is 0 Å². The Morgan fingerprint density at radius 1 is 0.765 bits per heavy atom. The summed E-state index contributed by atoms with van der Waals surface area (Å²) in [7, 11) is 0. The van der Waals surface area contributed by atoms with Crippen LogP contribution in [0.5, 0.6) is 0 Å². The van der Waals surface area contributed by atoms with E-state index in [0.717, 1.165) is 0 Å². The van der Waals surface area contributed by atoms with Crippen molar-refractivity contribution in [1.82, 2.24) is 0 Å². The molecular formula is C12H13BNO3-. The lowest BCUT2D eigenvalue weighted by Crippen LogP contribution is -2.62. The molecule has 17 heavy (non-hydrogen) atoms. The monoisotopic (exact) mass is 230 g/mol. The van der Waals surface area contributed by atoms with Gasteiger partial charge in [-0.15, -0.1) is 5.46 Å². The summed E-state index contributed by atoms with van der Waals surface area (Å²) in [5.41, 5.74) is 0.570. The molecule has 2 rings (SSSR count). The second-order valence-electron chi connectivity index (χ2n) is 3.82. The van der Waals surface area contributed by atoms with Crippen molar-refractivity contribution in [2.75, 3.05) is 4.97 Å². The average Bonchev–Trinajstić information content (AvgIpc) is 2.40. The Bertz CT molecular complexity index is 476. The summed E-state index contributed by atoms with van der Waals surface area (Å²) in [6.07, 6.45) is 0. The van der Waals surface area contributed by atoms with Crippen molar-refractivity contribution in [2.45, 2.75) is 0 Å².